The first kappa shape index (κ1) is 31.8. The van der Waals surface area contributed by atoms with Crippen molar-refractivity contribution in [2.75, 3.05) is 0 Å². The van der Waals surface area contributed by atoms with Gasteiger partial charge in [0.05, 0.1) is 17.6 Å². The van der Waals surface area contributed by atoms with Gasteiger partial charge >= 0.3 is 0 Å². The van der Waals surface area contributed by atoms with Crippen LogP contribution in [0.15, 0.2) is 42.7 Å². The number of aliphatic hydroxyl groups is 2. The van der Waals surface area contributed by atoms with Crippen LogP contribution in [0, 0.1) is 11.6 Å². The Bertz CT molecular complexity index is 1070. The minimum Gasteiger partial charge on any atom is -0.388 e. The number of nitrogens with one attached hydrogen (secondary N) is 3. The summed E-state index contributed by atoms with van der Waals surface area (Å²) in [5, 5.41) is 29.5. The molecule has 5 atom stereocenters. The fourth-order valence-corrected chi connectivity index (χ4v) is 4.25. The van der Waals surface area contributed by atoms with E-state index in [2.05, 4.69) is 20.9 Å². The number of aliphatic hydroxyl groups excluding tert-OH is 2. The summed E-state index contributed by atoms with van der Waals surface area (Å²) in [6, 6.07) is 2.87. The van der Waals surface area contributed by atoms with Gasteiger partial charge in [-0.15, -0.1) is 0 Å². The molecule has 2 aromatic rings. The standard InChI is InChI=1S/C28H38F2N4O5/c1-4-5-6-7-10-23(33-27(38)20-9-8-11-31-16-20)28(39)34-24(14-19-12-21(29)15-22(30)13-19)26(37)25(36)17(2)32-18(3)35/h8-9,11-13,15-17,23-26,36-37H,4-7,10,14H2,1-3H3,(H,32,35)(H,33,38)(H,34,39)/t17-,23-,24+,25-,26-/m1/s1. The Labute approximate surface area is 227 Å². The van der Waals surface area contributed by atoms with E-state index in [0.29, 0.717) is 18.9 Å². The Morgan fingerprint density at radius 3 is 2.26 bits per heavy atom. The van der Waals surface area contributed by atoms with Crippen LogP contribution in [0.1, 0.15) is 68.8 Å². The molecule has 0 aliphatic heterocycles. The van der Waals surface area contributed by atoms with Gasteiger partial charge in [-0.3, -0.25) is 19.4 Å². The molecule has 214 valence electrons. The first-order valence-corrected chi connectivity index (χ1v) is 13.1. The molecule has 11 heteroatoms. The van der Waals surface area contributed by atoms with Gasteiger partial charge in [-0.1, -0.05) is 32.6 Å². The van der Waals surface area contributed by atoms with Crippen LogP contribution < -0.4 is 16.0 Å². The van der Waals surface area contributed by atoms with E-state index in [0.717, 1.165) is 31.4 Å². The second-order valence-corrected chi connectivity index (χ2v) is 9.68. The number of halogens is 2. The number of hydrogen-bond acceptors (Lipinski definition) is 6. The van der Waals surface area contributed by atoms with E-state index in [1.165, 1.54) is 26.2 Å². The summed E-state index contributed by atoms with van der Waals surface area (Å²) in [7, 11) is 0. The summed E-state index contributed by atoms with van der Waals surface area (Å²) in [5.74, 6) is -3.26. The summed E-state index contributed by atoms with van der Waals surface area (Å²) in [4.78, 5) is 41.6. The van der Waals surface area contributed by atoms with Crippen LogP contribution >= 0.6 is 0 Å². The lowest BCUT2D eigenvalue weighted by Crippen LogP contribution is -2.58. The fraction of sp³-hybridized carbons (Fsp3) is 0.500. The predicted octanol–water partition coefficient (Wildman–Crippen LogP) is 2.40. The van der Waals surface area contributed by atoms with Gasteiger partial charge in [0.25, 0.3) is 5.91 Å². The van der Waals surface area contributed by atoms with Crippen LogP contribution in [0.2, 0.25) is 0 Å². The molecule has 0 radical (unpaired) electrons. The molecule has 0 aliphatic rings. The third kappa shape index (κ3) is 10.7. The quantitative estimate of drug-likeness (QED) is 0.217. The molecule has 0 saturated carbocycles. The molecule has 0 aliphatic carbocycles. The van der Waals surface area contributed by atoms with Crippen molar-refractivity contribution in [1.29, 1.82) is 0 Å². The molecule has 1 aromatic carbocycles. The van der Waals surface area contributed by atoms with E-state index in [-0.39, 0.29) is 17.5 Å². The number of nitrogens with zero attached hydrogens (tertiary/aromatic N) is 1. The smallest absolute Gasteiger partial charge is 0.253 e. The monoisotopic (exact) mass is 548 g/mol. The lowest BCUT2D eigenvalue weighted by Gasteiger charge is -2.32. The average Bonchev–Trinajstić information content (AvgIpc) is 2.88. The van der Waals surface area contributed by atoms with E-state index >= 15 is 0 Å². The van der Waals surface area contributed by atoms with Gasteiger partial charge in [-0.25, -0.2) is 8.78 Å². The minimum atomic E-state index is -1.63. The SMILES string of the molecule is CCCCCC[C@@H](NC(=O)c1cccnc1)C(=O)N[C@@H](Cc1cc(F)cc(F)c1)[C@@H](O)[C@H](O)[C@@H](C)NC(C)=O. The molecular formula is C28H38F2N4O5. The molecule has 3 amide bonds. The normalized spacial score (nSPS) is 14.9. The number of carbonyl (C=O) groups excluding carboxylic acids is 3. The maximum Gasteiger partial charge on any atom is 0.253 e. The lowest BCUT2D eigenvalue weighted by atomic mass is 9.94. The Morgan fingerprint density at radius 2 is 1.67 bits per heavy atom. The Hall–Kier alpha value is -3.44. The van der Waals surface area contributed by atoms with Crippen molar-refractivity contribution in [3.8, 4) is 0 Å². The number of aromatic nitrogens is 1. The number of unbranched alkanes of at least 4 members (excludes halogenated alkanes) is 3. The van der Waals surface area contributed by atoms with Crippen LogP contribution in [0.25, 0.3) is 0 Å². The first-order chi connectivity index (χ1) is 18.5. The van der Waals surface area contributed by atoms with Gasteiger partial charge in [0.15, 0.2) is 0 Å². The number of carbonyl (C=O) groups is 3. The van der Waals surface area contributed by atoms with Crippen LogP contribution in [-0.4, -0.2) is 63.3 Å². The van der Waals surface area contributed by atoms with Crippen LogP contribution in [-0.2, 0) is 16.0 Å². The summed E-state index contributed by atoms with van der Waals surface area (Å²) >= 11 is 0. The third-order valence-electron chi connectivity index (χ3n) is 6.30. The number of amides is 3. The topological polar surface area (TPSA) is 141 Å². The van der Waals surface area contributed by atoms with Crippen LogP contribution in [0.3, 0.4) is 0 Å². The van der Waals surface area contributed by atoms with Crippen molar-refractivity contribution >= 4 is 17.7 Å². The number of hydrogen-bond donors (Lipinski definition) is 5. The molecule has 0 bridgehead atoms. The highest BCUT2D eigenvalue weighted by molar-refractivity contribution is 5.97. The Morgan fingerprint density at radius 1 is 0.974 bits per heavy atom. The molecule has 0 unspecified atom stereocenters. The van der Waals surface area contributed by atoms with Crippen LogP contribution in [0.4, 0.5) is 8.78 Å². The van der Waals surface area contributed by atoms with Crippen molar-refractivity contribution in [2.45, 2.75) is 89.6 Å². The second kappa shape index (κ2) is 15.8. The molecule has 39 heavy (non-hydrogen) atoms. The number of rotatable bonds is 15. The van der Waals surface area contributed by atoms with E-state index < -0.39 is 59.7 Å². The zero-order chi connectivity index (χ0) is 28.9. The number of pyridine rings is 1. The van der Waals surface area contributed by atoms with Gasteiger partial charge in [0, 0.05) is 25.4 Å². The highest BCUT2D eigenvalue weighted by Gasteiger charge is 2.34. The predicted molar refractivity (Wildman–Crippen MR) is 142 cm³/mol. The van der Waals surface area contributed by atoms with Gasteiger partial charge in [-0.2, -0.15) is 0 Å². The van der Waals surface area contributed by atoms with Crippen molar-refractivity contribution in [1.82, 2.24) is 20.9 Å². The maximum atomic E-state index is 13.9. The van der Waals surface area contributed by atoms with E-state index in [1.54, 1.807) is 12.1 Å². The van der Waals surface area contributed by atoms with E-state index in [4.69, 9.17) is 0 Å². The Balaban J connectivity index is 2.29. The lowest BCUT2D eigenvalue weighted by molar-refractivity contribution is -0.126. The third-order valence-corrected chi connectivity index (χ3v) is 6.30. The van der Waals surface area contributed by atoms with Gasteiger partial charge in [0.2, 0.25) is 11.8 Å². The molecule has 0 fully saturated rings. The van der Waals surface area contributed by atoms with Crippen molar-refractivity contribution < 1.29 is 33.4 Å². The average molecular weight is 549 g/mol. The zero-order valence-electron chi connectivity index (χ0n) is 22.5. The van der Waals surface area contributed by atoms with Crippen molar-refractivity contribution in [3.63, 3.8) is 0 Å². The molecule has 1 heterocycles. The highest BCUT2D eigenvalue weighted by Crippen LogP contribution is 2.16. The molecule has 2 rings (SSSR count). The number of benzene rings is 1. The fourth-order valence-electron chi connectivity index (χ4n) is 4.25. The van der Waals surface area contributed by atoms with Gasteiger partial charge < -0.3 is 26.2 Å². The molecule has 0 saturated heterocycles. The summed E-state index contributed by atoms with van der Waals surface area (Å²) in [5.41, 5.74) is 0.394. The van der Waals surface area contributed by atoms with Gasteiger partial charge in [0.1, 0.15) is 29.9 Å². The first-order valence-electron chi connectivity index (χ1n) is 13.1. The zero-order valence-corrected chi connectivity index (χ0v) is 22.5. The molecule has 0 spiro atoms. The Kier molecular flexibility index (Phi) is 12.9. The van der Waals surface area contributed by atoms with Crippen LogP contribution in [0.5, 0.6) is 0 Å². The summed E-state index contributed by atoms with van der Waals surface area (Å²) < 4.78 is 27.7. The molecular weight excluding hydrogens is 510 g/mol. The largest absolute Gasteiger partial charge is 0.388 e. The van der Waals surface area contributed by atoms with E-state index in [1.807, 2.05) is 6.92 Å². The molecule has 1 aromatic heterocycles. The second-order valence-electron chi connectivity index (χ2n) is 9.68. The summed E-state index contributed by atoms with van der Waals surface area (Å²) in [6.07, 6.45) is 3.21. The van der Waals surface area contributed by atoms with E-state index in [9.17, 15) is 33.4 Å². The maximum absolute atomic E-state index is 13.9. The van der Waals surface area contributed by atoms with Gasteiger partial charge in [-0.05, 0) is 49.6 Å². The van der Waals surface area contributed by atoms with Crippen molar-refractivity contribution in [2.24, 2.45) is 0 Å². The summed E-state index contributed by atoms with van der Waals surface area (Å²) in [6.45, 7) is 4.77. The molecule has 9 nitrogen and oxygen atoms in total. The highest BCUT2D eigenvalue weighted by atomic mass is 19.1. The van der Waals surface area contributed by atoms with Crippen molar-refractivity contribution in [3.05, 3.63) is 65.5 Å². The minimum absolute atomic E-state index is 0.134. The molecule has 5 N–H and O–H groups in total.